The lowest BCUT2D eigenvalue weighted by Crippen LogP contribution is -2.46. The predicted molar refractivity (Wildman–Crippen MR) is 61.9 cm³/mol. The maximum absolute atomic E-state index is 6.13. The second-order valence-corrected chi connectivity index (χ2v) is 4.48. The third kappa shape index (κ3) is 2.96. The van der Waals surface area contributed by atoms with Crippen molar-refractivity contribution in [3.8, 4) is 5.75 Å². The van der Waals surface area contributed by atoms with Crippen molar-refractivity contribution in [2.75, 3.05) is 6.61 Å². The minimum absolute atomic E-state index is 0.139. The van der Waals surface area contributed by atoms with Gasteiger partial charge in [-0.15, -0.1) is 0 Å². The van der Waals surface area contributed by atoms with Gasteiger partial charge in [0.2, 0.25) is 0 Å². The Morgan fingerprint density at radius 1 is 1.20 bits per heavy atom. The first kappa shape index (κ1) is 10.5. The zero-order valence-electron chi connectivity index (χ0n) is 9.11. The van der Waals surface area contributed by atoms with E-state index in [9.17, 15) is 0 Å². The molecule has 2 heteroatoms. The van der Waals surface area contributed by atoms with Crippen LogP contribution < -0.4 is 10.5 Å². The normalized spacial score (nSPS) is 18.2. The number of benzene rings is 1. The number of para-hydroxylation sites is 1. The van der Waals surface area contributed by atoms with Crippen molar-refractivity contribution < 1.29 is 4.74 Å². The quantitative estimate of drug-likeness (QED) is 0.750. The Hall–Kier alpha value is -1.02. The van der Waals surface area contributed by atoms with E-state index in [1.54, 1.807) is 0 Å². The van der Waals surface area contributed by atoms with E-state index < -0.39 is 0 Å². The zero-order chi connectivity index (χ0) is 10.6. The average Bonchev–Trinajstić information content (AvgIpc) is 2.23. The third-order valence-electron chi connectivity index (χ3n) is 3.18. The summed E-state index contributed by atoms with van der Waals surface area (Å²) >= 11 is 0. The van der Waals surface area contributed by atoms with Gasteiger partial charge in [0.25, 0.3) is 0 Å². The van der Waals surface area contributed by atoms with Gasteiger partial charge >= 0.3 is 0 Å². The van der Waals surface area contributed by atoms with Gasteiger partial charge in [-0.3, -0.25) is 0 Å². The molecule has 0 bridgehead atoms. The lowest BCUT2D eigenvalue weighted by Gasteiger charge is -2.38. The van der Waals surface area contributed by atoms with Crippen LogP contribution in [-0.2, 0) is 0 Å². The van der Waals surface area contributed by atoms with Crippen LogP contribution in [-0.4, -0.2) is 12.1 Å². The molecule has 0 spiro atoms. The van der Waals surface area contributed by atoms with Crippen LogP contribution in [0.2, 0.25) is 0 Å². The second-order valence-electron chi connectivity index (χ2n) is 4.48. The fourth-order valence-electron chi connectivity index (χ4n) is 2.01. The van der Waals surface area contributed by atoms with Crippen LogP contribution in [0.3, 0.4) is 0 Å². The lowest BCUT2D eigenvalue weighted by molar-refractivity contribution is 0.205. The van der Waals surface area contributed by atoms with Crippen molar-refractivity contribution in [3.05, 3.63) is 30.3 Å². The fraction of sp³-hybridized carbons (Fsp3) is 0.538. The van der Waals surface area contributed by atoms with E-state index >= 15 is 0 Å². The van der Waals surface area contributed by atoms with Gasteiger partial charge in [0.15, 0.2) is 0 Å². The first-order chi connectivity index (χ1) is 7.29. The molecular weight excluding hydrogens is 186 g/mol. The van der Waals surface area contributed by atoms with Crippen molar-refractivity contribution in [2.24, 2.45) is 5.73 Å². The minimum atomic E-state index is 0.139. The highest BCUT2D eigenvalue weighted by Crippen LogP contribution is 2.32. The summed E-state index contributed by atoms with van der Waals surface area (Å²) in [6.45, 7) is 0.781. The van der Waals surface area contributed by atoms with E-state index in [1.807, 2.05) is 30.3 Å². The minimum Gasteiger partial charge on any atom is -0.494 e. The van der Waals surface area contributed by atoms with E-state index in [0.717, 1.165) is 25.2 Å². The Morgan fingerprint density at radius 3 is 2.53 bits per heavy atom. The average molecular weight is 205 g/mol. The summed E-state index contributed by atoms with van der Waals surface area (Å²) in [4.78, 5) is 0. The molecule has 1 fully saturated rings. The molecule has 1 aliphatic carbocycles. The SMILES string of the molecule is NC1(CCCOc2ccccc2)CCC1. The van der Waals surface area contributed by atoms with E-state index in [-0.39, 0.29) is 5.54 Å². The maximum atomic E-state index is 6.13. The van der Waals surface area contributed by atoms with E-state index in [4.69, 9.17) is 10.5 Å². The van der Waals surface area contributed by atoms with Crippen LogP contribution in [0.15, 0.2) is 30.3 Å². The highest BCUT2D eigenvalue weighted by atomic mass is 16.5. The summed E-state index contributed by atoms with van der Waals surface area (Å²) in [5, 5.41) is 0. The van der Waals surface area contributed by atoms with Gasteiger partial charge in [-0.25, -0.2) is 0 Å². The first-order valence-corrected chi connectivity index (χ1v) is 5.75. The van der Waals surface area contributed by atoms with E-state index in [0.29, 0.717) is 0 Å². The van der Waals surface area contributed by atoms with Gasteiger partial charge in [0, 0.05) is 5.54 Å². The standard InChI is InChI=1S/C13H19NO/c14-13(8-4-9-13)10-5-11-15-12-6-2-1-3-7-12/h1-3,6-7H,4-5,8-11,14H2. The van der Waals surface area contributed by atoms with Gasteiger partial charge in [-0.1, -0.05) is 18.2 Å². The Kier molecular flexibility index (Phi) is 3.27. The molecule has 0 saturated heterocycles. The molecule has 15 heavy (non-hydrogen) atoms. The summed E-state index contributed by atoms with van der Waals surface area (Å²) in [6, 6.07) is 9.95. The van der Waals surface area contributed by atoms with Crippen molar-refractivity contribution >= 4 is 0 Å². The smallest absolute Gasteiger partial charge is 0.119 e. The van der Waals surface area contributed by atoms with Crippen LogP contribution in [0.5, 0.6) is 5.75 Å². The molecule has 0 radical (unpaired) electrons. The summed E-state index contributed by atoms with van der Waals surface area (Å²) in [6.07, 6.45) is 5.85. The Bertz CT molecular complexity index is 293. The van der Waals surface area contributed by atoms with Crippen LogP contribution in [0.1, 0.15) is 32.1 Å². The maximum Gasteiger partial charge on any atom is 0.119 e. The molecule has 0 atom stereocenters. The molecule has 1 saturated carbocycles. The van der Waals surface area contributed by atoms with Crippen LogP contribution in [0.4, 0.5) is 0 Å². The Morgan fingerprint density at radius 2 is 1.93 bits per heavy atom. The summed E-state index contributed by atoms with van der Waals surface area (Å²) in [5.41, 5.74) is 6.27. The molecule has 0 amide bonds. The molecule has 2 nitrogen and oxygen atoms in total. The molecule has 82 valence electrons. The topological polar surface area (TPSA) is 35.2 Å². The molecule has 1 aliphatic rings. The molecule has 0 unspecified atom stereocenters. The monoisotopic (exact) mass is 205 g/mol. The fourth-order valence-corrected chi connectivity index (χ4v) is 2.01. The molecule has 0 heterocycles. The highest BCUT2D eigenvalue weighted by Gasteiger charge is 2.31. The number of hydrogen-bond donors (Lipinski definition) is 1. The lowest BCUT2D eigenvalue weighted by atomic mass is 9.75. The Labute approximate surface area is 91.4 Å². The van der Waals surface area contributed by atoms with Gasteiger partial charge in [0.05, 0.1) is 6.61 Å². The number of hydrogen-bond acceptors (Lipinski definition) is 2. The van der Waals surface area contributed by atoms with Gasteiger partial charge in [0.1, 0.15) is 5.75 Å². The van der Waals surface area contributed by atoms with Crippen molar-refractivity contribution in [1.82, 2.24) is 0 Å². The van der Waals surface area contributed by atoms with Crippen LogP contribution in [0, 0.1) is 0 Å². The Balaban J connectivity index is 1.63. The molecule has 1 aromatic rings. The summed E-state index contributed by atoms with van der Waals surface area (Å²) in [5.74, 6) is 0.956. The van der Waals surface area contributed by atoms with Crippen molar-refractivity contribution in [3.63, 3.8) is 0 Å². The number of ether oxygens (including phenoxy) is 1. The van der Waals surface area contributed by atoms with Crippen LogP contribution in [0.25, 0.3) is 0 Å². The number of nitrogens with two attached hydrogens (primary N) is 1. The van der Waals surface area contributed by atoms with E-state index in [1.165, 1.54) is 19.3 Å². The largest absolute Gasteiger partial charge is 0.494 e. The third-order valence-corrected chi connectivity index (χ3v) is 3.18. The first-order valence-electron chi connectivity index (χ1n) is 5.75. The molecule has 0 aliphatic heterocycles. The van der Waals surface area contributed by atoms with Gasteiger partial charge < -0.3 is 10.5 Å². The number of rotatable bonds is 5. The molecule has 2 N–H and O–H groups in total. The van der Waals surface area contributed by atoms with Crippen molar-refractivity contribution in [2.45, 2.75) is 37.6 Å². The zero-order valence-corrected chi connectivity index (χ0v) is 9.11. The molecule has 2 rings (SSSR count). The molecule has 1 aromatic carbocycles. The van der Waals surface area contributed by atoms with Crippen molar-refractivity contribution in [1.29, 1.82) is 0 Å². The van der Waals surface area contributed by atoms with E-state index in [2.05, 4.69) is 0 Å². The highest BCUT2D eigenvalue weighted by molar-refractivity contribution is 5.20. The summed E-state index contributed by atoms with van der Waals surface area (Å²) in [7, 11) is 0. The molecular formula is C13H19NO. The predicted octanol–water partition coefficient (Wildman–Crippen LogP) is 2.73. The summed E-state index contributed by atoms with van der Waals surface area (Å²) < 4.78 is 5.61. The van der Waals surface area contributed by atoms with Crippen LogP contribution >= 0.6 is 0 Å². The van der Waals surface area contributed by atoms with Gasteiger partial charge in [-0.2, -0.15) is 0 Å². The molecule has 0 aromatic heterocycles. The van der Waals surface area contributed by atoms with Gasteiger partial charge in [-0.05, 0) is 44.2 Å². The second kappa shape index (κ2) is 4.67.